The Morgan fingerprint density at radius 1 is 1.42 bits per heavy atom. The summed E-state index contributed by atoms with van der Waals surface area (Å²) in [6.45, 7) is 0.615. The second-order valence-electron chi connectivity index (χ2n) is 4.62. The van der Waals surface area contributed by atoms with Gasteiger partial charge in [0, 0.05) is 12.3 Å². The first kappa shape index (κ1) is 12.4. The van der Waals surface area contributed by atoms with Crippen molar-refractivity contribution in [3.05, 3.63) is 18.2 Å². The van der Waals surface area contributed by atoms with Gasteiger partial charge in [-0.2, -0.15) is 4.98 Å². The summed E-state index contributed by atoms with van der Waals surface area (Å²) >= 11 is 0. The number of aromatic nitrogens is 1. The third kappa shape index (κ3) is 2.43. The normalized spacial score (nSPS) is 20.1. The number of fused-ring (bicyclic) bond motifs is 1. The van der Waals surface area contributed by atoms with Crippen LogP contribution in [0.2, 0.25) is 0 Å². The summed E-state index contributed by atoms with van der Waals surface area (Å²) in [6.07, 6.45) is 1.39. The molecule has 1 aliphatic heterocycles. The van der Waals surface area contributed by atoms with Crippen LogP contribution in [0, 0.1) is 0 Å². The van der Waals surface area contributed by atoms with Crippen LogP contribution < -0.4 is 5.73 Å². The zero-order valence-corrected chi connectivity index (χ0v) is 11.0. The number of ether oxygens (including phenoxy) is 1. The molecule has 6 nitrogen and oxygen atoms in total. The number of benzene rings is 1. The van der Waals surface area contributed by atoms with Crippen LogP contribution in [0.15, 0.2) is 27.8 Å². The molecule has 0 radical (unpaired) electrons. The largest absolute Gasteiger partial charge is 0.428 e. The van der Waals surface area contributed by atoms with Gasteiger partial charge in [0.2, 0.25) is 9.84 Å². The van der Waals surface area contributed by atoms with Crippen molar-refractivity contribution in [3.8, 4) is 0 Å². The molecule has 19 heavy (non-hydrogen) atoms. The SMILES string of the molecule is Nc1ccc2oc(S(=O)(=O)CC3CCCO3)nc2c1. The quantitative estimate of drug-likeness (QED) is 0.854. The zero-order chi connectivity index (χ0) is 13.5. The van der Waals surface area contributed by atoms with Crippen molar-refractivity contribution < 1.29 is 17.6 Å². The molecule has 2 aromatic rings. The number of oxazole rings is 1. The minimum Gasteiger partial charge on any atom is -0.428 e. The summed E-state index contributed by atoms with van der Waals surface area (Å²) in [5.41, 5.74) is 7.01. The molecule has 2 heterocycles. The second kappa shape index (κ2) is 4.50. The fraction of sp³-hybridized carbons (Fsp3) is 0.417. The van der Waals surface area contributed by atoms with Crippen LogP contribution in [0.25, 0.3) is 11.1 Å². The summed E-state index contributed by atoms with van der Waals surface area (Å²) < 4.78 is 35.0. The van der Waals surface area contributed by atoms with Crippen LogP contribution in [0.4, 0.5) is 5.69 Å². The highest BCUT2D eigenvalue weighted by Gasteiger charge is 2.28. The van der Waals surface area contributed by atoms with E-state index in [1.165, 1.54) is 0 Å². The van der Waals surface area contributed by atoms with Crippen molar-refractivity contribution >= 4 is 26.6 Å². The predicted molar refractivity (Wildman–Crippen MR) is 69.4 cm³/mol. The molecule has 0 bridgehead atoms. The molecule has 3 rings (SSSR count). The Kier molecular flexibility index (Phi) is 2.94. The molecule has 1 fully saturated rings. The molecule has 7 heteroatoms. The first-order chi connectivity index (χ1) is 9.04. The van der Waals surface area contributed by atoms with Crippen molar-refractivity contribution in [1.82, 2.24) is 4.98 Å². The number of nitrogens with zero attached hydrogens (tertiary/aromatic N) is 1. The average Bonchev–Trinajstić information content (AvgIpc) is 2.96. The fourth-order valence-corrected chi connectivity index (χ4v) is 3.50. The Morgan fingerprint density at radius 3 is 3.00 bits per heavy atom. The number of anilines is 1. The zero-order valence-electron chi connectivity index (χ0n) is 10.2. The lowest BCUT2D eigenvalue weighted by Gasteiger charge is -2.06. The van der Waals surface area contributed by atoms with Gasteiger partial charge in [0.1, 0.15) is 5.52 Å². The van der Waals surface area contributed by atoms with E-state index in [0.717, 1.165) is 12.8 Å². The summed E-state index contributed by atoms with van der Waals surface area (Å²) in [5.74, 6) is -0.0880. The lowest BCUT2D eigenvalue weighted by atomic mass is 10.3. The third-order valence-corrected chi connectivity index (χ3v) is 4.60. The lowest BCUT2D eigenvalue weighted by molar-refractivity contribution is 0.127. The van der Waals surface area contributed by atoms with E-state index in [0.29, 0.717) is 23.4 Å². The molecule has 0 saturated carbocycles. The van der Waals surface area contributed by atoms with Gasteiger partial charge in [0.15, 0.2) is 5.58 Å². The molecule has 102 valence electrons. The number of nitrogens with two attached hydrogens (primary N) is 1. The maximum Gasteiger partial charge on any atom is 0.316 e. The number of hydrogen-bond acceptors (Lipinski definition) is 6. The Balaban J connectivity index is 1.93. The molecule has 0 spiro atoms. The van der Waals surface area contributed by atoms with E-state index in [9.17, 15) is 8.42 Å². The average molecular weight is 282 g/mol. The first-order valence-electron chi connectivity index (χ1n) is 6.05. The van der Waals surface area contributed by atoms with Crippen LogP contribution in [0.1, 0.15) is 12.8 Å². The number of hydrogen-bond donors (Lipinski definition) is 1. The molecule has 2 N–H and O–H groups in total. The summed E-state index contributed by atoms with van der Waals surface area (Å²) in [6, 6.07) is 4.84. The predicted octanol–water partition coefficient (Wildman–Crippen LogP) is 1.36. The van der Waals surface area contributed by atoms with Gasteiger partial charge in [0.05, 0.1) is 11.9 Å². The van der Waals surface area contributed by atoms with Crippen LogP contribution >= 0.6 is 0 Å². The van der Waals surface area contributed by atoms with E-state index in [-0.39, 0.29) is 17.1 Å². The van der Waals surface area contributed by atoms with Crippen molar-refractivity contribution in [2.75, 3.05) is 18.1 Å². The molecule has 0 aliphatic carbocycles. The minimum absolute atomic E-state index is 0.0880. The van der Waals surface area contributed by atoms with E-state index >= 15 is 0 Å². The number of sulfone groups is 1. The van der Waals surface area contributed by atoms with Gasteiger partial charge in [-0.15, -0.1) is 0 Å². The maximum absolute atomic E-state index is 12.2. The highest BCUT2D eigenvalue weighted by molar-refractivity contribution is 7.91. The van der Waals surface area contributed by atoms with E-state index in [2.05, 4.69) is 4.98 Å². The van der Waals surface area contributed by atoms with E-state index in [1.54, 1.807) is 18.2 Å². The highest BCUT2D eigenvalue weighted by atomic mass is 32.2. The van der Waals surface area contributed by atoms with Gasteiger partial charge in [-0.3, -0.25) is 0 Å². The Hall–Kier alpha value is -1.60. The van der Waals surface area contributed by atoms with Crippen molar-refractivity contribution in [1.29, 1.82) is 0 Å². The van der Waals surface area contributed by atoms with Crippen LogP contribution in [0.3, 0.4) is 0 Å². The van der Waals surface area contributed by atoms with E-state index < -0.39 is 9.84 Å². The van der Waals surface area contributed by atoms with Crippen molar-refractivity contribution in [2.45, 2.75) is 24.2 Å². The summed E-state index contributed by atoms with van der Waals surface area (Å²) in [4.78, 5) is 4.00. The number of rotatable bonds is 3. The molecule has 1 aliphatic rings. The third-order valence-electron chi connectivity index (χ3n) is 3.09. The first-order valence-corrected chi connectivity index (χ1v) is 7.70. The van der Waals surface area contributed by atoms with Crippen molar-refractivity contribution in [3.63, 3.8) is 0 Å². The van der Waals surface area contributed by atoms with E-state index in [4.69, 9.17) is 14.9 Å². The Morgan fingerprint density at radius 2 is 2.26 bits per heavy atom. The fourth-order valence-electron chi connectivity index (χ4n) is 2.15. The second-order valence-corrected chi connectivity index (χ2v) is 6.54. The summed E-state index contributed by atoms with van der Waals surface area (Å²) in [5, 5.41) is -0.261. The smallest absolute Gasteiger partial charge is 0.316 e. The molecule has 1 atom stereocenters. The lowest BCUT2D eigenvalue weighted by Crippen LogP contribution is -2.20. The van der Waals surface area contributed by atoms with Gasteiger partial charge in [-0.25, -0.2) is 8.42 Å². The Bertz CT molecular complexity index is 702. The molecular weight excluding hydrogens is 268 g/mol. The van der Waals surface area contributed by atoms with Crippen LogP contribution in [-0.4, -0.2) is 31.9 Å². The van der Waals surface area contributed by atoms with Gasteiger partial charge < -0.3 is 14.9 Å². The molecule has 1 unspecified atom stereocenters. The van der Waals surface area contributed by atoms with Crippen LogP contribution in [-0.2, 0) is 14.6 Å². The van der Waals surface area contributed by atoms with Crippen LogP contribution in [0.5, 0.6) is 0 Å². The standard InChI is InChI=1S/C12H14N2O4S/c13-8-3-4-11-10(6-8)14-12(18-11)19(15,16)7-9-2-1-5-17-9/h3-4,6,9H,1-2,5,7,13H2. The van der Waals surface area contributed by atoms with Crippen molar-refractivity contribution in [2.24, 2.45) is 0 Å². The molecule has 0 amide bonds. The monoisotopic (exact) mass is 282 g/mol. The topological polar surface area (TPSA) is 95.4 Å². The van der Waals surface area contributed by atoms with Gasteiger partial charge in [0.25, 0.3) is 0 Å². The number of nitrogen functional groups attached to an aromatic ring is 1. The van der Waals surface area contributed by atoms with Gasteiger partial charge in [-0.05, 0) is 31.0 Å². The Labute approximate surface area is 110 Å². The molecule has 1 aromatic heterocycles. The maximum atomic E-state index is 12.2. The molecular formula is C12H14N2O4S. The molecule has 1 saturated heterocycles. The minimum atomic E-state index is -3.56. The highest BCUT2D eigenvalue weighted by Crippen LogP contribution is 2.23. The summed E-state index contributed by atoms with van der Waals surface area (Å²) in [7, 11) is -3.56. The van der Waals surface area contributed by atoms with Gasteiger partial charge in [-0.1, -0.05) is 0 Å². The van der Waals surface area contributed by atoms with E-state index in [1.807, 2.05) is 0 Å². The molecule has 1 aromatic carbocycles. The van der Waals surface area contributed by atoms with Gasteiger partial charge >= 0.3 is 5.22 Å².